The first-order valence-electron chi connectivity index (χ1n) is 11.1. The van der Waals surface area contributed by atoms with E-state index in [1.165, 1.54) is 0 Å². The van der Waals surface area contributed by atoms with Crippen LogP contribution in [-0.2, 0) is 9.59 Å². The number of carbonyl (C=O) groups is 2. The first kappa shape index (κ1) is 25.5. The second-order valence-corrected chi connectivity index (χ2v) is 11.6. The standard InChI is InChI=1S/C21H32O5.C2HCl3/c1-19-7-5-13(23)9-12(19)3-4-14-15-6-8-21(26,17(25)11-22)20(15,2)10-16(24)18(14)19;3-1-2(4)5/h12-15,18,22-23,26H,3-11H2,1-2H3;1H/t12-,13-,14+,15+,18-,19+,20+,21+;/m1./s1. The summed E-state index contributed by atoms with van der Waals surface area (Å²) in [6.45, 7) is 3.46. The van der Waals surface area contributed by atoms with E-state index in [1.807, 2.05) is 6.92 Å². The Morgan fingerprint density at radius 1 is 1.16 bits per heavy atom. The molecule has 0 unspecified atom stereocenters. The number of aliphatic hydroxyl groups is 3. The number of rotatable bonds is 2. The zero-order chi connectivity index (χ0) is 23.2. The topological polar surface area (TPSA) is 94.8 Å². The average molecular weight is 496 g/mol. The first-order chi connectivity index (χ1) is 14.4. The molecule has 0 spiro atoms. The van der Waals surface area contributed by atoms with Crippen molar-refractivity contribution in [3.63, 3.8) is 0 Å². The van der Waals surface area contributed by atoms with Gasteiger partial charge < -0.3 is 15.3 Å². The van der Waals surface area contributed by atoms with Gasteiger partial charge in [-0.25, -0.2) is 0 Å². The Morgan fingerprint density at radius 2 is 1.81 bits per heavy atom. The van der Waals surface area contributed by atoms with Gasteiger partial charge in [0, 0.05) is 23.3 Å². The molecule has 4 fully saturated rings. The van der Waals surface area contributed by atoms with E-state index in [9.17, 15) is 24.9 Å². The van der Waals surface area contributed by atoms with Crippen LogP contribution in [0.1, 0.15) is 65.2 Å². The van der Waals surface area contributed by atoms with Gasteiger partial charge in [-0.15, -0.1) is 0 Å². The third-order valence-corrected chi connectivity index (χ3v) is 9.83. The summed E-state index contributed by atoms with van der Waals surface area (Å²) in [7, 11) is 0. The van der Waals surface area contributed by atoms with E-state index in [0.29, 0.717) is 12.3 Å². The summed E-state index contributed by atoms with van der Waals surface area (Å²) >= 11 is 14.8. The van der Waals surface area contributed by atoms with Gasteiger partial charge in [0.15, 0.2) is 5.78 Å². The number of carbonyl (C=O) groups excluding carboxylic acids is 2. The minimum absolute atomic E-state index is 0.0154. The zero-order valence-electron chi connectivity index (χ0n) is 18.1. The molecule has 0 amide bonds. The molecule has 4 aliphatic rings. The molecule has 0 heterocycles. The van der Waals surface area contributed by atoms with Crippen molar-refractivity contribution in [1.29, 1.82) is 0 Å². The summed E-state index contributed by atoms with van der Waals surface area (Å²) in [5.41, 5.74) is -1.32. The van der Waals surface area contributed by atoms with Gasteiger partial charge in [0.1, 0.15) is 22.5 Å². The van der Waals surface area contributed by atoms with Crippen LogP contribution in [0.3, 0.4) is 0 Å². The molecule has 8 atom stereocenters. The van der Waals surface area contributed by atoms with Crippen molar-refractivity contribution in [3.05, 3.63) is 10.0 Å². The highest BCUT2D eigenvalue weighted by Gasteiger charge is 2.68. The second kappa shape index (κ2) is 9.23. The number of hydrogen-bond donors (Lipinski definition) is 3. The maximum atomic E-state index is 13.4. The Labute approximate surface area is 199 Å². The van der Waals surface area contributed by atoms with Crippen LogP contribution in [0.2, 0.25) is 0 Å². The number of ketones is 2. The number of aliphatic hydroxyl groups excluding tert-OH is 2. The number of fused-ring (bicyclic) bond motifs is 5. The van der Waals surface area contributed by atoms with Gasteiger partial charge >= 0.3 is 0 Å². The summed E-state index contributed by atoms with van der Waals surface area (Å²) in [6, 6.07) is 0. The zero-order valence-corrected chi connectivity index (χ0v) is 20.4. The molecule has 31 heavy (non-hydrogen) atoms. The summed E-state index contributed by atoms with van der Waals surface area (Å²) in [6.07, 6.45) is 5.47. The van der Waals surface area contributed by atoms with Crippen molar-refractivity contribution < 1.29 is 24.9 Å². The molecule has 0 aromatic heterocycles. The van der Waals surface area contributed by atoms with Crippen LogP contribution in [0.25, 0.3) is 0 Å². The monoisotopic (exact) mass is 494 g/mol. The summed E-state index contributed by atoms with van der Waals surface area (Å²) < 4.78 is 0.0895. The highest BCUT2D eigenvalue weighted by molar-refractivity contribution is 6.58. The van der Waals surface area contributed by atoms with Crippen LogP contribution in [0.4, 0.5) is 0 Å². The summed E-state index contributed by atoms with van der Waals surface area (Å²) in [5.74, 6) is 0.380. The van der Waals surface area contributed by atoms with Gasteiger partial charge in [0.2, 0.25) is 0 Å². The molecule has 4 rings (SSSR count). The Kier molecular flexibility index (Phi) is 7.58. The molecule has 0 aromatic rings. The molecule has 176 valence electrons. The SMILES string of the molecule is C[C@]12CC[C@@H](O)C[C@H]1CC[C@@H]1[C@@H]2C(=O)C[C@@]2(C)[C@H]1CC[C@]2(O)C(=O)CO.ClC=C(Cl)Cl. The van der Waals surface area contributed by atoms with Crippen molar-refractivity contribution in [2.24, 2.45) is 34.5 Å². The summed E-state index contributed by atoms with van der Waals surface area (Å²) in [4.78, 5) is 25.7. The molecular formula is C23H33Cl3O5. The molecule has 0 bridgehead atoms. The van der Waals surface area contributed by atoms with Crippen molar-refractivity contribution in [2.75, 3.05) is 6.61 Å². The van der Waals surface area contributed by atoms with E-state index < -0.39 is 23.4 Å². The molecule has 8 heteroatoms. The highest BCUT2D eigenvalue weighted by atomic mass is 35.5. The van der Waals surface area contributed by atoms with Crippen molar-refractivity contribution in [3.8, 4) is 0 Å². The third kappa shape index (κ3) is 4.13. The van der Waals surface area contributed by atoms with Crippen LogP contribution >= 0.6 is 34.8 Å². The Hall–Kier alpha value is -0.170. The molecule has 0 saturated heterocycles. The predicted molar refractivity (Wildman–Crippen MR) is 121 cm³/mol. The molecule has 4 aliphatic carbocycles. The smallest absolute Gasteiger partial charge is 0.190 e. The van der Waals surface area contributed by atoms with E-state index >= 15 is 0 Å². The van der Waals surface area contributed by atoms with Crippen molar-refractivity contribution >= 4 is 46.4 Å². The van der Waals surface area contributed by atoms with Gasteiger partial charge in [0.05, 0.1) is 6.10 Å². The van der Waals surface area contributed by atoms with Crippen LogP contribution in [0.15, 0.2) is 10.0 Å². The van der Waals surface area contributed by atoms with E-state index in [1.54, 1.807) is 0 Å². The average Bonchev–Trinajstić information content (AvgIpc) is 2.99. The lowest BCUT2D eigenvalue weighted by molar-refractivity contribution is -0.180. The number of hydrogen-bond acceptors (Lipinski definition) is 5. The Balaban J connectivity index is 0.000000491. The van der Waals surface area contributed by atoms with Gasteiger partial charge in [0.25, 0.3) is 0 Å². The normalized spacial score (nSPS) is 46.1. The highest BCUT2D eigenvalue weighted by Crippen LogP contribution is 2.67. The quantitative estimate of drug-likeness (QED) is 0.529. The van der Waals surface area contributed by atoms with Gasteiger partial charge in [-0.05, 0) is 68.1 Å². The van der Waals surface area contributed by atoms with E-state index in [2.05, 4.69) is 6.92 Å². The predicted octanol–water partition coefficient (Wildman–Crippen LogP) is 4.36. The number of halogens is 3. The van der Waals surface area contributed by atoms with Crippen LogP contribution in [0.5, 0.6) is 0 Å². The van der Waals surface area contributed by atoms with Gasteiger partial charge in [-0.3, -0.25) is 9.59 Å². The fraction of sp³-hybridized carbons (Fsp3) is 0.826. The largest absolute Gasteiger partial charge is 0.393 e. The lowest BCUT2D eigenvalue weighted by Gasteiger charge is -2.60. The van der Waals surface area contributed by atoms with E-state index in [-0.39, 0.29) is 46.0 Å². The molecular weight excluding hydrogens is 463 g/mol. The molecule has 4 saturated carbocycles. The molecule has 0 aromatic carbocycles. The lowest BCUT2D eigenvalue weighted by atomic mass is 9.44. The fourth-order valence-corrected chi connectivity index (χ4v) is 7.64. The van der Waals surface area contributed by atoms with Crippen LogP contribution in [-0.4, -0.2) is 45.2 Å². The third-order valence-electron chi connectivity index (χ3n) is 9.17. The van der Waals surface area contributed by atoms with Gasteiger partial charge in [-0.1, -0.05) is 48.7 Å². The number of Topliss-reactive ketones (excluding diaryl/α,β-unsaturated/α-hetero) is 2. The van der Waals surface area contributed by atoms with E-state index in [4.69, 9.17) is 34.8 Å². The molecule has 3 N–H and O–H groups in total. The van der Waals surface area contributed by atoms with Crippen molar-refractivity contribution in [2.45, 2.75) is 76.9 Å². The van der Waals surface area contributed by atoms with E-state index in [0.717, 1.165) is 44.1 Å². The van der Waals surface area contributed by atoms with Crippen LogP contribution < -0.4 is 0 Å². The maximum absolute atomic E-state index is 13.4. The Morgan fingerprint density at radius 3 is 2.39 bits per heavy atom. The minimum atomic E-state index is -1.58. The molecule has 5 nitrogen and oxygen atoms in total. The maximum Gasteiger partial charge on any atom is 0.190 e. The Bertz CT molecular complexity index is 753. The summed E-state index contributed by atoms with van der Waals surface area (Å²) in [5, 5.41) is 30.6. The fourth-order valence-electron chi connectivity index (χ4n) is 7.64. The molecule has 0 aliphatic heterocycles. The second-order valence-electron chi connectivity index (χ2n) is 10.4. The van der Waals surface area contributed by atoms with Crippen LogP contribution in [0, 0.1) is 34.5 Å². The van der Waals surface area contributed by atoms with Gasteiger partial charge in [-0.2, -0.15) is 0 Å². The lowest BCUT2D eigenvalue weighted by Crippen LogP contribution is -2.62. The minimum Gasteiger partial charge on any atom is -0.393 e. The van der Waals surface area contributed by atoms with Crippen molar-refractivity contribution in [1.82, 2.24) is 0 Å². The molecule has 0 radical (unpaired) electrons. The first-order valence-corrected chi connectivity index (χ1v) is 12.3.